The van der Waals surface area contributed by atoms with Gasteiger partial charge in [0.15, 0.2) is 5.13 Å². The second-order valence-corrected chi connectivity index (χ2v) is 8.32. The van der Waals surface area contributed by atoms with Gasteiger partial charge < -0.3 is 9.88 Å². The molecule has 2 aromatic carbocycles. The molecular weight excluding hydrogens is 408 g/mol. The Kier molecular flexibility index (Phi) is 4.58. The molecule has 4 aromatic rings. The first kappa shape index (κ1) is 18.3. The number of para-hydroxylation sites is 2. The predicted molar refractivity (Wildman–Crippen MR) is 116 cm³/mol. The van der Waals surface area contributed by atoms with E-state index in [1.54, 1.807) is 6.07 Å². The largest absolute Gasteiger partial charge is 0.343 e. The molecule has 0 bridgehead atoms. The molecule has 29 heavy (non-hydrogen) atoms. The molecule has 0 saturated heterocycles. The summed E-state index contributed by atoms with van der Waals surface area (Å²) in [5.41, 5.74) is 3.00. The topological polar surface area (TPSA) is 76.0 Å². The second kappa shape index (κ2) is 7.26. The second-order valence-electron chi connectivity index (χ2n) is 6.88. The van der Waals surface area contributed by atoms with Crippen molar-refractivity contribution in [1.82, 2.24) is 14.9 Å². The molecule has 8 heteroatoms. The van der Waals surface area contributed by atoms with Crippen molar-refractivity contribution in [3.8, 4) is 0 Å². The van der Waals surface area contributed by atoms with Gasteiger partial charge in [0.1, 0.15) is 5.52 Å². The van der Waals surface area contributed by atoms with E-state index in [1.165, 1.54) is 11.3 Å². The van der Waals surface area contributed by atoms with Crippen LogP contribution >= 0.6 is 22.9 Å². The number of fused-ring (bicyclic) bond motifs is 4. The lowest BCUT2D eigenvalue weighted by atomic mass is 10.0. The van der Waals surface area contributed by atoms with Crippen LogP contribution in [-0.2, 0) is 17.8 Å². The van der Waals surface area contributed by atoms with E-state index >= 15 is 0 Å². The molecule has 0 unspecified atom stereocenters. The lowest BCUT2D eigenvalue weighted by Crippen LogP contribution is -2.24. The predicted octanol–water partition coefficient (Wildman–Crippen LogP) is 3.87. The molecule has 0 saturated carbocycles. The Hall–Kier alpha value is -2.74. The van der Waals surface area contributed by atoms with Crippen molar-refractivity contribution in [2.75, 3.05) is 18.4 Å². The van der Waals surface area contributed by atoms with Gasteiger partial charge in [-0.2, -0.15) is 0 Å². The summed E-state index contributed by atoms with van der Waals surface area (Å²) in [5, 5.41) is 7.71. The van der Waals surface area contributed by atoms with Crippen molar-refractivity contribution < 1.29 is 9.59 Å². The molecule has 146 valence electrons. The number of amides is 1. The van der Waals surface area contributed by atoms with E-state index in [4.69, 9.17) is 11.6 Å². The van der Waals surface area contributed by atoms with Crippen LogP contribution in [0.3, 0.4) is 0 Å². The number of aromatic nitrogens is 2. The molecule has 0 spiro atoms. The van der Waals surface area contributed by atoms with Crippen LogP contribution < -0.4 is 10.6 Å². The highest BCUT2D eigenvalue weighted by molar-refractivity contribution is 7.22. The van der Waals surface area contributed by atoms with Crippen LogP contribution in [0.1, 0.15) is 16.1 Å². The number of hydrogen-bond acceptors (Lipinski definition) is 5. The van der Waals surface area contributed by atoms with Crippen LogP contribution in [-0.4, -0.2) is 34.3 Å². The average molecular weight is 425 g/mol. The minimum Gasteiger partial charge on any atom is -0.343 e. The zero-order chi connectivity index (χ0) is 20.0. The molecule has 0 fully saturated rings. The normalized spacial score (nSPS) is 14.0. The summed E-state index contributed by atoms with van der Waals surface area (Å²) >= 11 is 7.46. The summed E-state index contributed by atoms with van der Waals surface area (Å²) in [6.07, 6.45) is 0.694. The Morgan fingerprint density at radius 3 is 2.86 bits per heavy atom. The first-order valence-electron chi connectivity index (χ1n) is 9.35. The first-order chi connectivity index (χ1) is 14.1. The van der Waals surface area contributed by atoms with Crippen LogP contribution in [0.4, 0.5) is 5.13 Å². The third-order valence-corrected chi connectivity index (χ3v) is 6.39. The summed E-state index contributed by atoms with van der Waals surface area (Å²) in [4.78, 5) is 30.4. The van der Waals surface area contributed by atoms with Crippen LogP contribution in [0, 0.1) is 0 Å². The number of Topliss-reactive ketones (excluding diaryl/α,β-unsaturated/α-hetero) is 1. The molecule has 1 aliphatic heterocycles. The number of nitrogens with zero attached hydrogens (tertiary/aromatic N) is 2. The number of ketones is 1. The average Bonchev–Trinajstić information content (AvgIpc) is 3.17. The SMILES string of the molecule is O=C(Nc1nc2c(Cl)cccc2s1)C(=O)c1c2n(c3ccccc13)CCNCC2. The van der Waals surface area contributed by atoms with Crippen molar-refractivity contribution in [1.29, 1.82) is 0 Å². The van der Waals surface area contributed by atoms with Gasteiger partial charge >= 0.3 is 0 Å². The van der Waals surface area contributed by atoms with Gasteiger partial charge in [0, 0.05) is 42.7 Å². The van der Waals surface area contributed by atoms with Gasteiger partial charge in [0.2, 0.25) is 0 Å². The number of carbonyl (C=O) groups is 2. The van der Waals surface area contributed by atoms with Gasteiger partial charge in [-0.25, -0.2) is 4.98 Å². The molecule has 3 heterocycles. The molecular formula is C21H17ClN4O2S. The Labute approximate surface area is 175 Å². The summed E-state index contributed by atoms with van der Waals surface area (Å²) in [7, 11) is 0. The van der Waals surface area contributed by atoms with Crippen molar-refractivity contribution in [2.24, 2.45) is 0 Å². The summed E-state index contributed by atoms with van der Waals surface area (Å²) in [6, 6.07) is 13.2. The van der Waals surface area contributed by atoms with E-state index in [-0.39, 0.29) is 0 Å². The molecule has 0 atom stereocenters. The molecule has 5 rings (SSSR count). The van der Waals surface area contributed by atoms with Gasteiger partial charge in [-0.3, -0.25) is 14.9 Å². The number of anilines is 1. The Balaban J connectivity index is 1.53. The third-order valence-electron chi connectivity index (χ3n) is 5.15. The molecule has 6 nitrogen and oxygen atoms in total. The number of thiazole rings is 1. The van der Waals surface area contributed by atoms with Crippen LogP contribution in [0.25, 0.3) is 21.1 Å². The fourth-order valence-corrected chi connectivity index (χ4v) is 5.04. The maximum Gasteiger partial charge on any atom is 0.298 e. The summed E-state index contributed by atoms with van der Waals surface area (Å²) < 4.78 is 3.00. The molecule has 1 aliphatic rings. The van der Waals surface area contributed by atoms with Crippen LogP contribution in [0.5, 0.6) is 0 Å². The number of carbonyl (C=O) groups excluding carboxylic acids is 2. The third kappa shape index (κ3) is 3.11. The standard InChI is InChI=1S/C21H17ClN4O2S/c22-13-5-3-7-16-18(13)24-21(29-16)25-20(28)19(27)17-12-4-1-2-6-14(12)26-11-10-23-9-8-15(17)26/h1-7,23H,8-11H2,(H,24,25,28). The first-order valence-corrected chi connectivity index (χ1v) is 10.5. The minimum atomic E-state index is -0.684. The molecule has 2 aromatic heterocycles. The van der Waals surface area contributed by atoms with Crippen LogP contribution in [0.2, 0.25) is 5.02 Å². The number of halogens is 1. The number of nitrogens with one attached hydrogen (secondary N) is 2. The Morgan fingerprint density at radius 2 is 2.00 bits per heavy atom. The number of rotatable bonds is 3. The summed E-state index contributed by atoms with van der Waals surface area (Å²) in [5.74, 6) is -1.22. The Bertz CT molecular complexity index is 1280. The van der Waals surface area contributed by atoms with E-state index in [9.17, 15) is 9.59 Å². The van der Waals surface area contributed by atoms with E-state index in [1.807, 2.05) is 36.4 Å². The summed E-state index contributed by atoms with van der Waals surface area (Å²) in [6.45, 7) is 2.37. The fraction of sp³-hybridized carbons (Fsp3) is 0.190. The van der Waals surface area contributed by atoms with E-state index < -0.39 is 11.7 Å². The van der Waals surface area contributed by atoms with Crippen molar-refractivity contribution >= 4 is 60.9 Å². The number of benzene rings is 2. The van der Waals surface area contributed by atoms with Crippen molar-refractivity contribution in [3.63, 3.8) is 0 Å². The van der Waals surface area contributed by atoms with Gasteiger partial charge in [0.25, 0.3) is 11.7 Å². The minimum absolute atomic E-state index is 0.364. The van der Waals surface area contributed by atoms with Crippen molar-refractivity contribution in [2.45, 2.75) is 13.0 Å². The Morgan fingerprint density at radius 1 is 1.14 bits per heavy atom. The highest BCUT2D eigenvalue weighted by Crippen LogP contribution is 2.32. The molecule has 0 aliphatic carbocycles. The highest BCUT2D eigenvalue weighted by Gasteiger charge is 2.28. The maximum atomic E-state index is 13.2. The lowest BCUT2D eigenvalue weighted by molar-refractivity contribution is -0.112. The zero-order valence-corrected chi connectivity index (χ0v) is 16.9. The van der Waals surface area contributed by atoms with Gasteiger partial charge in [-0.1, -0.05) is 47.2 Å². The van der Waals surface area contributed by atoms with Gasteiger partial charge in [0.05, 0.1) is 15.3 Å². The highest BCUT2D eigenvalue weighted by atomic mass is 35.5. The lowest BCUT2D eigenvalue weighted by Gasteiger charge is -2.06. The van der Waals surface area contributed by atoms with Gasteiger partial charge in [-0.05, 0) is 18.2 Å². The smallest absolute Gasteiger partial charge is 0.298 e. The van der Waals surface area contributed by atoms with E-state index in [2.05, 4.69) is 20.2 Å². The number of hydrogen-bond donors (Lipinski definition) is 2. The zero-order valence-electron chi connectivity index (χ0n) is 15.4. The van der Waals surface area contributed by atoms with E-state index in [0.29, 0.717) is 27.7 Å². The van der Waals surface area contributed by atoms with Crippen LogP contribution in [0.15, 0.2) is 42.5 Å². The van der Waals surface area contributed by atoms with Crippen molar-refractivity contribution in [3.05, 3.63) is 58.7 Å². The molecule has 1 amide bonds. The quantitative estimate of drug-likeness (QED) is 0.386. The van der Waals surface area contributed by atoms with Gasteiger partial charge in [-0.15, -0.1) is 0 Å². The molecule has 2 N–H and O–H groups in total. The maximum absolute atomic E-state index is 13.2. The molecule has 0 radical (unpaired) electrons. The monoisotopic (exact) mass is 424 g/mol. The van der Waals surface area contributed by atoms with E-state index in [0.717, 1.165) is 40.9 Å². The fourth-order valence-electron chi connectivity index (χ4n) is 3.88.